The van der Waals surface area contributed by atoms with E-state index < -0.39 is 12.2 Å². The summed E-state index contributed by atoms with van der Waals surface area (Å²) in [5.41, 5.74) is 1.70. The molecule has 0 fully saturated rings. The van der Waals surface area contributed by atoms with E-state index in [0.717, 1.165) is 4.90 Å². The van der Waals surface area contributed by atoms with Gasteiger partial charge in [0, 0.05) is 24.6 Å². The molecule has 4 rings (SSSR count). The fourth-order valence-corrected chi connectivity index (χ4v) is 5.09. The van der Waals surface area contributed by atoms with Gasteiger partial charge in [0.1, 0.15) is 18.0 Å². The van der Waals surface area contributed by atoms with Crippen molar-refractivity contribution in [3.05, 3.63) is 89.2 Å². The van der Waals surface area contributed by atoms with Crippen LogP contribution in [-0.4, -0.2) is 55.0 Å². The summed E-state index contributed by atoms with van der Waals surface area (Å²) in [4.78, 5) is 5.77. The van der Waals surface area contributed by atoms with Crippen LogP contribution in [0.4, 0.5) is 0 Å². The first kappa shape index (κ1) is 28.3. The van der Waals surface area contributed by atoms with Gasteiger partial charge in [0.05, 0.1) is 32.7 Å². The lowest BCUT2D eigenvalue weighted by Gasteiger charge is -2.22. The minimum atomic E-state index is -1.25. The molecule has 0 spiro atoms. The van der Waals surface area contributed by atoms with Gasteiger partial charge in [0.2, 0.25) is 5.75 Å². The molecular formula is C29H32N2O7S. The van der Waals surface area contributed by atoms with Gasteiger partial charge < -0.3 is 38.5 Å². The third kappa shape index (κ3) is 5.99. The first-order chi connectivity index (χ1) is 18.9. The number of hydrogen-bond donors (Lipinski definition) is 2. The highest BCUT2D eigenvalue weighted by molar-refractivity contribution is 7.99. The molecule has 3 aromatic carbocycles. The Morgan fingerprint density at radius 1 is 0.821 bits per heavy atom. The molecule has 0 saturated heterocycles. The molecule has 1 heterocycles. The third-order valence-corrected chi connectivity index (χ3v) is 7.23. The maximum atomic E-state index is 11.9. The molecular weight excluding hydrogens is 520 g/mol. The van der Waals surface area contributed by atoms with Crippen molar-refractivity contribution in [2.45, 2.75) is 22.3 Å². The van der Waals surface area contributed by atoms with Gasteiger partial charge >= 0.3 is 0 Å². The van der Waals surface area contributed by atoms with E-state index in [1.807, 2.05) is 30.3 Å². The number of nitrogens with zero attached hydrogens (tertiary/aromatic N) is 2. The van der Waals surface area contributed by atoms with Gasteiger partial charge in [-0.1, -0.05) is 42.1 Å². The number of imidazole rings is 1. The number of ether oxygens (including phenoxy) is 5. The van der Waals surface area contributed by atoms with E-state index in [0.29, 0.717) is 44.9 Å². The van der Waals surface area contributed by atoms with E-state index in [4.69, 9.17) is 28.7 Å². The normalized spacial score (nSPS) is 12.6. The molecule has 9 nitrogen and oxygen atoms in total. The third-order valence-electron chi connectivity index (χ3n) is 6.17. The van der Waals surface area contributed by atoms with Crippen molar-refractivity contribution < 1.29 is 33.9 Å². The van der Waals surface area contributed by atoms with E-state index >= 15 is 0 Å². The fraction of sp³-hybridized carbons (Fsp3) is 0.276. The molecule has 1 aromatic heterocycles. The smallest absolute Gasteiger partial charge is 0.203 e. The number of aromatic nitrogens is 2. The molecule has 0 bridgehead atoms. The molecule has 39 heavy (non-hydrogen) atoms. The first-order valence-electron chi connectivity index (χ1n) is 12.1. The molecule has 2 N–H and O–H groups in total. The van der Waals surface area contributed by atoms with Crippen LogP contribution in [0, 0.1) is 0 Å². The van der Waals surface area contributed by atoms with Crippen molar-refractivity contribution in [2.24, 2.45) is 7.05 Å². The number of hydrogen-bond acceptors (Lipinski definition) is 9. The summed E-state index contributed by atoms with van der Waals surface area (Å²) in [5, 5.41) is 23.9. The predicted molar refractivity (Wildman–Crippen MR) is 147 cm³/mol. The quantitative estimate of drug-likeness (QED) is 0.241. The van der Waals surface area contributed by atoms with Crippen LogP contribution in [0.3, 0.4) is 0 Å². The van der Waals surface area contributed by atoms with Crippen LogP contribution in [0.25, 0.3) is 0 Å². The molecule has 10 heteroatoms. The molecule has 4 aromatic rings. The summed E-state index contributed by atoms with van der Waals surface area (Å²) < 4.78 is 29.0. The van der Waals surface area contributed by atoms with Crippen molar-refractivity contribution in [3.63, 3.8) is 0 Å². The Morgan fingerprint density at radius 2 is 1.54 bits per heavy atom. The highest BCUT2D eigenvalue weighted by Gasteiger charge is 2.31. The minimum Gasteiger partial charge on any atom is -0.497 e. The van der Waals surface area contributed by atoms with Crippen LogP contribution < -0.4 is 18.9 Å². The van der Waals surface area contributed by atoms with Gasteiger partial charge in [-0.15, -0.1) is 0 Å². The second-order valence-electron chi connectivity index (χ2n) is 8.49. The number of aliphatic hydroxyl groups is 2. The molecule has 0 radical (unpaired) electrons. The Labute approximate surface area is 231 Å². The summed E-state index contributed by atoms with van der Waals surface area (Å²) in [6, 6.07) is 20.2. The lowest BCUT2D eigenvalue weighted by Crippen LogP contribution is -2.14. The Balaban J connectivity index is 1.86. The summed E-state index contributed by atoms with van der Waals surface area (Å²) in [7, 11) is 7.90. The van der Waals surface area contributed by atoms with E-state index in [1.54, 1.807) is 55.1 Å². The van der Waals surface area contributed by atoms with Crippen LogP contribution in [-0.2, 0) is 11.8 Å². The molecule has 2 unspecified atom stereocenters. The lowest BCUT2D eigenvalue weighted by molar-refractivity contribution is 0.0462. The zero-order chi connectivity index (χ0) is 27.9. The zero-order valence-electron chi connectivity index (χ0n) is 22.5. The zero-order valence-corrected chi connectivity index (χ0v) is 23.3. The van der Waals surface area contributed by atoms with Crippen LogP contribution in [0.5, 0.6) is 23.0 Å². The van der Waals surface area contributed by atoms with E-state index in [9.17, 15) is 10.2 Å². The van der Waals surface area contributed by atoms with E-state index in [-0.39, 0.29) is 12.5 Å². The van der Waals surface area contributed by atoms with Crippen molar-refractivity contribution in [3.8, 4) is 23.0 Å². The maximum absolute atomic E-state index is 11.9. The van der Waals surface area contributed by atoms with Gasteiger partial charge in [-0.25, -0.2) is 4.98 Å². The molecule has 0 amide bonds. The van der Waals surface area contributed by atoms with Crippen molar-refractivity contribution in [1.29, 1.82) is 0 Å². The highest BCUT2D eigenvalue weighted by Crippen LogP contribution is 2.45. The van der Waals surface area contributed by atoms with Crippen molar-refractivity contribution in [2.75, 3.05) is 35.2 Å². The number of methoxy groups -OCH3 is 4. The summed E-state index contributed by atoms with van der Waals surface area (Å²) >= 11 is 1.43. The Kier molecular flexibility index (Phi) is 9.36. The second kappa shape index (κ2) is 12.9. The molecule has 0 aliphatic carbocycles. The number of benzene rings is 3. The largest absolute Gasteiger partial charge is 0.497 e. The van der Waals surface area contributed by atoms with Gasteiger partial charge in [-0.05, 0) is 42.0 Å². The van der Waals surface area contributed by atoms with Gasteiger partial charge in [-0.3, -0.25) is 0 Å². The van der Waals surface area contributed by atoms with E-state index in [1.165, 1.54) is 33.1 Å². The molecule has 0 aliphatic heterocycles. The molecule has 0 aliphatic rings. The minimum absolute atomic E-state index is 0.0783. The maximum Gasteiger partial charge on any atom is 0.203 e. The van der Waals surface area contributed by atoms with E-state index in [2.05, 4.69) is 0 Å². The molecule has 0 saturated carbocycles. The lowest BCUT2D eigenvalue weighted by atomic mass is 9.98. The summed E-state index contributed by atoms with van der Waals surface area (Å²) in [5.74, 6) is 1.67. The van der Waals surface area contributed by atoms with Gasteiger partial charge in [0.15, 0.2) is 23.4 Å². The summed E-state index contributed by atoms with van der Waals surface area (Å²) in [6.45, 7) is -0.0783. The predicted octanol–water partition coefficient (Wildman–Crippen LogP) is 4.74. The average molecular weight is 553 g/mol. The van der Waals surface area contributed by atoms with Crippen LogP contribution in [0.15, 0.2) is 76.8 Å². The van der Waals surface area contributed by atoms with Crippen LogP contribution in [0.1, 0.15) is 34.7 Å². The number of aliphatic hydroxyl groups excluding tert-OH is 2. The van der Waals surface area contributed by atoms with Crippen molar-refractivity contribution in [1.82, 2.24) is 9.55 Å². The second-order valence-corrected chi connectivity index (χ2v) is 9.53. The topological polar surface area (TPSA) is 104 Å². The van der Waals surface area contributed by atoms with Gasteiger partial charge in [0.25, 0.3) is 0 Å². The highest BCUT2D eigenvalue weighted by atomic mass is 32.2. The standard InChI is InChI=1S/C29H32N2O7S/c1-31-24(26(33)21-15-16-22(36-4)28(37-5)27(21)38-17-34-2)23(25(32)18-11-13-19(35-3)14-12-18)30-29(31)39-20-9-7-6-8-10-20/h6-16,25-26,32-33H,17H2,1-5H3. The van der Waals surface area contributed by atoms with Gasteiger partial charge in [-0.2, -0.15) is 0 Å². The Hall–Kier alpha value is -3.70. The number of rotatable bonds is 12. The van der Waals surface area contributed by atoms with Crippen molar-refractivity contribution >= 4 is 11.8 Å². The first-order valence-corrected chi connectivity index (χ1v) is 12.9. The van der Waals surface area contributed by atoms with Crippen LogP contribution >= 0.6 is 11.8 Å². The SMILES string of the molecule is COCOc1c(C(O)c2c(C(O)c3ccc(OC)cc3)nc(Sc3ccccc3)n2C)ccc(OC)c1OC. The summed E-state index contributed by atoms with van der Waals surface area (Å²) in [6.07, 6.45) is -2.37. The monoisotopic (exact) mass is 552 g/mol. The molecule has 206 valence electrons. The average Bonchev–Trinajstić information content (AvgIpc) is 3.30. The molecule has 2 atom stereocenters. The Morgan fingerprint density at radius 3 is 2.15 bits per heavy atom. The van der Waals surface area contributed by atoms with Crippen LogP contribution in [0.2, 0.25) is 0 Å². The Bertz CT molecular complexity index is 1380. The fourth-order valence-electron chi connectivity index (χ4n) is 4.21.